The second-order valence-corrected chi connectivity index (χ2v) is 6.47. The zero-order valence-corrected chi connectivity index (χ0v) is 23.6. The minimum absolute atomic E-state index is 0.0144. The number of rotatable bonds is 12. The highest BCUT2D eigenvalue weighted by Gasteiger charge is 1.94. The van der Waals surface area contributed by atoms with Crippen LogP contribution in [0.3, 0.4) is 0 Å². The lowest BCUT2D eigenvalue weighted by molar-refractivity contribution is -0.137. The molecule has 4 N–H and O–H groups in total. The van der Waals surface area contributed by atoms with Crippen LogP contribution in [-0.2, 0) is 28.7 Å². The Morgan fingerprint density at radius 1 is 0.625 bits per heavy atom. The van der Waals surface area contributed by atoms with Crippen LogP contribution < -0.4 is 0 Å². The molecule has 0 aliphatic carbocycles. The number of carboxylic acid groups (broad SMARTS) is 2. The normalized spacial score (nSPS) is 9.60. The van der Waals surface area contributed by atoms with Crippen molar-refractivity contribution in [1.82, 2.24) is 0 Å². The van der Waals surface area contributed by atoms with Gasteiger partial charge in [0.25, 0.3) is 0 Å². The first-order chi connectivity index (χ1) is 19.1. The number of carbonyl (C=O) groups is 4. The molecule has 40 heavy (non-hydrogen) atoms. The highest BCUT2D eigenvalue weighted by atomic mass is 16.5. The van der Waals surface area contributed by atoms with E-state index in [2.05, 4.69) is 35.5 Å². The largest absolute Gasteiger partial charge is 0.478 e. The third-order valence-corrected chi connectivity index (χ3v) is 3.17. The fraction of sp³-hybridized carbons (Fsp3) is 0.429. The van der Waals surface area contributed by atoms with Gasteiger partial charge in [-0.1, -0.05) is 63.1 Å². The summed E-state index contributed by atoms with van der Waals surface area (Å²) < 4.78 is 8.42. The first kappa shape index (κ1) is 45.4. The van der Waals surface area contributed by atoms with Crippen LogP contribution >= 0.6 is 0 Å². The maximum atomic E-state index is 10.3. The van der Waals surface area contributed by atoms with Crippen LogP contribution in [0.2, 0.25) is 0 Å². The zero-order chi connectivity index (χ0) is 31.9. The average Bonchev–Trinajstić information content (AvgIpc) is 2.95. The molecule has 0 radical (unpaired) electrons. The summed E-state index contributed by atoms with van der Waals surface area (Å²) in [5.41, 5.74) is 0. The summed E-state index contributed by atoms with van der Waals surface area (Å²) >= 11 is 0. The third kappa shape index (κ3) is 69.9. The van der Waals surface area contributed by atoms with Crippen molar-refractivity contribution in [2.75, 3.05) is 27.4 Å². The number of carboxylic acids is 2. The Kier molecular flexibility index (Phi) is 50.5. The highest BCUT2D eigenvalue weighted by molar-refractivity contribution is 5.91. The van der Waals surface area contributed by atoms with Crippen molar-refractivity contribution in [1.29, 1.82) is 10.5 Å². The molecule has 0 aromatic heterocycles. The van der Waals surface area contributed by atoms with E-state index in [1.54, 1.807) is 12.2 Å². The smallest absolute Gasteiger partial charge is 0.330 e. The quantitative estimate of drug-likeness (QED) is 0.151. The highest BCUT2D eigenvalue weighted by Crippen LogP contribution is 1.92. The van der Waals surface area contributed by atoms with Crippen LogP contribution in [-0.4, -0.2) is 71.7 Å². The molecule has 12 nitrogen and oxygen atoms in total. The first-order valence-corrected chi connectivity index (χ1v) is 12.0. The van der Waals surface area contributed by atoms with Crippen LogP contribution in [0, 0.1) is 22.7 Å². The Morgan fingerprint density at radius 3 is 1.15 bits per heavy atom. The number of aliphatic hydroxyl groups is 2. The number of nitriles is 2. The molecule has 0 atom stereocenters. The number of hydrogen-bond acceptors (Lipinski definition) is 10. The molecular weight excluding hydrogens is 524 g/mol. The van der Waals surface area contributed by atoms with Gasteiger partial charge in [-0.2, -0.15) is 10.5 Å². The molecular formula is C28H42N2O10. The van der Waals surface area contributed by atoms with Gasteiger partial charge in [0.15, 0.2) is 0 Å². The van der Waals surface area contributed by atoms with E-state index in [4.69, 9.17) is 30.9 Å². The molecule has 0 saturated heterocycles. The van der Waals surface area contributed by atoms with E-state index in [0.717, 1.165) is 12.2 Å². The maximum Gasteiger partial charge on any atom is 0.330 e. The molecule has 0 saturated carbocycles. The molecule has 0 aliphatic heterocycles. The predicted octanol–water partition coefficient (Wildman–Crippen LogP) is 3.64. The van der Waals surface area contributed by atoms with Crippen LogP contribution in [0.25, 0.3) is 0 Å². The van der Waals surface area contributed by atoms with Crippen LogP contribution in [0.4, 0.5) is 0 Å². The Bertz CT molecular complexity index is 795. The summed E-state index contributed by atoms with van der Waals surface area (Å²) in [6.45, 7) is 4.44. The molecule has 0 aliphatic rings. The molecule has 0 aromatic carbocycles. The molecule has 0 heterocycles. The summed E-state index contributed by atoms with van der Waals surface area (Å²) in [7, 11) is 2.45. The van der Waals surface area contributed by atoms with Gasteiger partial charge in [0.2, 0.25) is 0 Å². The van der Waals surface area contributed by atoms with Crippen LogP contribution in [0.5, 0.6) is 0 Å². The van der Waals surface area contributed by atoms with Crippen molar-refractivity contribution in [3.63, 3.8) is 0 Å². The Balaban J connectivity index is -0.000000129. The van der Waals surface area contributed by atoms with Gasteiger partial charge in [0.05, 0.1) is 52.4 Å². The summed E-state index contributed by atoms with van der Waals surface area (Å²) in [4.78, 5) is 39.7. The SMILES string of the molecule is CCC/C=C\CCC.COC(=O)/C=C\C(=O)OC.N#CCC=CCC#N.O=C(O)/C=C\C(=O)O.OC/C=C\CO. The number of aliphatic carboxylic acids is 2. The number of carbonyl (C=O) groups excluding carboxylic acids is 2. The minimum atomic E-state index is -1.26. The van der Waals surface area contributed by atoms with Gasteiger partial charge in [-0.3, -0.25) is 0 Å². The number of allylic oxidation sites excluding steroid dienone is 4. The molecule has 0 fully saturated rings. The summed E-state index contributed by atoms with van der Waals surface area (Å²) in [6.07, 6.45) is 19.8. The van der Waals surface area contributed by atoms with E-state index in [1.165, 1.54) is 52.1 Å². The van der Waals surface area contributed by atoms with E-state index in [1.807, 2.05) is 12.1 Å². The standard InChI is InChI=1S/C8H16.C6H6N2.C6H8O4.C4H4O4.C4H8O2/c1-3-5-7-8-6-4-2;7-5-3-1-2-4-6-8;1-9-5(7)3-4-6(8)10-2;5-3(6)1-2-4(7)8;5-3-1-2-4-6/h7-8H,3-6H2,1-2H3;1-2H,3-4H2;3-4H,1-2H3;1-2H,(H,5,6)(H,7,8);1-2,5-6H,3-4H2/b8-7-;;4-3-;2*2-1-. The van der Waals surface area contributed by atoms with Gasteiger partial charge in [-0.25, -0.2) is 19.2 Å². The van der Waals surface area contributed by atoms with Gasteiger partial charge in [-0.05, 0) is 12.8 Å². The van der Waals surface area contributed by atoms with Gasteiger partial charge in [-0.15, -0.1) is 0 Å². The van der Waals surface area contributed by atoms with E-state index in [9.17, 15) is 19.2 Å². The second-order valence-electron chi connectivity index (χ2n) is 6.47. The number of nitrogens with zero attached hydrogens (tertiary/aromatic N) is 2. The third-order valence-electron chi connectivity index (χ3n) is 3.17. The first-order valence-electron chi connectivity index (χ1n) is 12.0. The summed E-state index contributed by atoms with van der Waals surface area (Å²) in [6, 6.07) is 3.86. The van der Waals surface area contributed by atoms with Crippen LogP contribution in [0.1, 0.15) is 52.4 Å². The number of ether oxygens (including phenoxy) is 2. The van der Waals surface area contributed by atoms with Crippen molar-refractivity contribution in [2.24, 2.45) is 0 Å². The molecule has 224 valence electrons. The van der Waals surface area contributed by atoms with Crippen molar-refractivity contribution in [2.45, 2.75) is 52.4 Å². The van der Waals surface area contributed by atoms with Gasteiger partial charge < -0.3 is 29.9 Å². The number of esters is 2. The number of hydrogen-bond donors (Lipinski definition) is 4. The molecule has 0 rings (SSSR count). The van der Waals surface area contributed by atoms with Crippen molar-refractivity contribution in [3.8, 4) is 12.1 Å². The fourth-order valence-electron chi connectivity index (χ4n) is 1.40. The maximum absolute atomic E-state index is 10.3. The van der Waals surface area contributed by atoms with Crippen LogP contribution in [0.15, 0.2) is 60.8 Å². The Labute approximate surface area is 236 Å². The number of methoxy groups -OCH3 is 2. The molecule has 0 unspecified atom stereocenters. The zero-order valence-electron chi connectivity index (χ0n) is 23.6. The van der Waals surface area contributed by atoms with Crippen molar-refractivity contribution >= 4 is 23.9 Å². The summed E-state index contributed by atoms with van der Waals surface area (Å²) in [5.74, 6) is -3.67. The van der Waals surface area contributed by atoms with E-state index >= 15 is 0 Å². The van der Waals surface area contributed by atoms with E-state index in [0.29, 0.717) is 25.0 Å². The van der Waals surface area contributed by atoms with Gasteiger partial charge >= 0.3 is 23.9 Å². The molecule has 0 spiro atoms. The van der Waals surface area contributed by atoms with Crippen molar-refractivity contribution in [3.05, 3.63) is 60.8 Å². The second kappa shape index (κ2) is 44.5. The van der Waals surface area contributed by atoms with E-state index in [-0.39, 0.29) is 13.2 Å². The van der Waals surface area contributed by atoms with Crippen molar-refractivity contribution < 1.29 is 49.1 Å². The molecule has 12 heteroatoms. The monoisotopic (exact) mass is 566 g/mol. The molecule has 0 bridgehead atoms. The van der Waals surface area contributed by atoms with E-state index < -0.39 is 23.9 Å². The lowest BCUT2D eigenvalue weighted by atomic mass is 10.2. The Hall–Kier alpha value is -4.52. The topological polar surface area (TPSA) is 215 Å². The average molecular weight is 567 g/mol. The number of unbranched alkanes of at least 4 members (excludes halogenated alkanes) is 2. The lowest BCUT2D eigenvalue weighted by Crippen LogP contribution is -1.98. The van der Waals surface area contributed by atoms with Gasteiger partial charge in [0, 0.05) is 24.3 Å². The lowest BCUT2D eigenvalue weighted by Gasteiger charge is -1.89. The fourth-order valence-corrected chi connectivity index (χ4v) is 1.40. The summed E-state index contributed by atoms with van der Waals surface area (Å²) in [5, 5.41) is 47.6. The Morgan fingerprint density at radius 2 is 0.950 bits per heavy atom. The van der Waals surface area contributed by atoms with Gasteiger partial charge in [0.1, 0.15) is 0 Å². The minimum Gasteiger partial charge on any atom is -0.478 e. The number of aliphatic hydroxyl groups excluding tert-OH is 2. The molecule has 0 aromatic rings. The predicted molar refractivity (Wildman–Crippen MR) is 149 cm³/mol. The molecule has 0 amide bonds.